The Kier molecular flexibility index (Phi) is 11.5. The summed E-state index contributed by atoms with van der Waals surface area (Å²) in [5.41, 5.74) is 3.23. The van der Waals surface area contributed by atoms with Gasteiger partial charge in [0.25, 0.3) is 0 Å². The van der Waals surface area contributed by atoms with Crippen LogP contribution in [0.1, 0.15) is 74.3 Å². The molecule has 0 saturated carbocycles. The number of likely N-dealkylation sites (tertiary alicyclic amines) is 1. The number of rotatable bonds is 7. The summed E-state index contributed by atoms with van der Waals surface area (Å²) in [6.45, 7) is 21.5. The predicted octanol–water partition coefficient (Wildman–Crippen LogP) is 6.91. The average Bonchev–Trinajstić information content (AvgIpc) is 3.26. The highest BCUT2D eigenvalue weighted by atomic mass is 15.1. The first-order valence-corrected chi connectivity index (χ1v) is 13.3. The zero-order valence-corrected chi connectivity index (χ0v) is 22.7. The largest absolute Gasteiger partial charge is 0.354 e. The molecule has 0 amide bonds. The van der Waals surface area contributed by atoms with Gasteiger partial charge in [0.1, 0.15) is 0 Å². The first-order chi connectivity index (χ1) is 16.5. The summed E-state index contributed by atoms with van der Waals surface area (Å²) in [5.74, 6) is 2.15. The van der Waals surface area contributed by atoms with Crippen molar-refractivity contribution in [2.75, 3.05) is 31.5 Å². The molecule has 1 fully saturated rings. The molecule has 1 aliphatic heterocycles. The third-order valence-corrected chi connectivity index (χ3v) is 6.00. The van der Waals surface area contributed by atoms with Gasteiger partial charge in [-0.2, -0.15) is 0 Å². The van der Waals surface area contributed by atoms with Gasteiger partial charge in [0.2, 0.25) is 5.95 Å². The molecule has 0 unspecified atom stereocenters. The van der Waals surface area contributed by atoms with Gasteiger partial charge in [-0.3, -0.25) is 4.98 Å². The number of piperidine rings is 1. The number of hydrogen-bond donors (Lipinski definition) is 1. The van der Waals surface area contributed by atoms with Crippen LogP contribution in [-0.2, 0) is 0 Å². The van der Waals surface area contributed by atoms with Crippen LogP contribution in [0.3, 0.4) is 0 Å². The van der Waals surface area contributed by atoms with Crippen molar-refractivity contribution in [1.29, 1.82) is 0 Å². The fourth-order valence-corrected chi connectivity index (χ4v) is 4.45. The highest BCUT2D eigenvalue weighted by molar-refractivity contribution is 5.94. The fraction of sp³-hybridized carbons (Fsp3) is 0.607. The molecule has 0 aromatic carbocycles. The summed E-state index contributed by atoms with van der Waals surface area (Å²) >= 11 is 0. The van der Waals surface area contributed by atoms with Gasteiger partial charge in [-0.15, -0.1) is 0 Å². The van der Waals surface area contributed by atoms with Gasteiger partial charge in [0.05, 0.1) is 17.4 Å². The van der Waals surface area contributed by atoms with Crippen LogP contribution in [-0.4, -0.2) is 50.6 Å². The van der Waals surface area contributed by atoms with Crippen LogP contribution < -0.4 is 5.32 Å². The normalized spacial score (nSPS) is 14.5. The molecular formula is C28H46N6. The minimum atomic E-state index is 0.367. The molecule has 6 heteroatoms. The van der Waals surface area contributed by atoms with E-state index in [2.05, 4.69) is 64.7 Å². The van der Waals surface area contributed by atoms with E-state index in [1.807, 2.05) is 52.4 Å². The molecule has 0 radical (unpaired) electrons. The summed E-state index contributed by atoms with van der Waals surface area (Å²) in [6.07, 6.45) is 10.3. The van der Waals surface area contributed by atoms with E-state index in [1.54, 1.807) is 0 Å². The van der Waals surface area contributed by atoms with Crippen molar-refractivity contribution in [1.82, 2.24) is 24.4 Å². The number of hydrogen-bond acceptors (Lipinski definition) is 5. The average molecular weight is 467 g/mol. The van der Waals surface area contributed by atoms with Crippen LogP contribution >= 0.6 is 0 Å². The molecule has 1 aliphatic rings. The number of pyridine rings is 1. The highest BCUT2D eigenvalue weighted by Gasteiger charge is 2.20. The Bertz CT molecular complexity index is 970. The number of nitrogens with zero attached hydrogens (tertiary/aromatic N) is 5. The predicted molar refractivity (Wildman–Crippen MR) is 146 cm³/mol. The van der Waals surface area contributed by atoms with Crippen molar-refractivity contribution < 1.29 is 0 Å². The molecule has 4 heterocycles. The van der Waals surface area contributed by atoms with Crippen molar-refractivity contribution in [3.05, 3.63) is 36.9 Å². The Morgan fingerprint density at radius 1 is 1.00 bits per heavy atom. The Morgan fingerprint density at radius 2 is 1.71 bits per heavy atom. The van der Waals surface area contributed by atoms with Gasteiger partial charge in [-0.1, -0.05) is 41.5 Å². The Labute approximate surface area is 207 Å². The topological polar surface area (TPSA) is 58.9 Å². The summed E-state index contributed by atoms with van der Waals surface area (Å²) in [4.78, 5) is 16.2. The maximum absolute atomic E-state index is 4.84. The SMILES string of the molecule is CC.CC.CC(C)CN1CCC(CNc2nccc(-c3cn(C(C)C)c4cnccc34)n2)CC1. The molecule has 4 rings (SSSR count). The fourth-order valence-electron chi connectivity index (χ4n) is 4.45. The van der Waals surface area contributed by atoms with Gasteiger partial charge >= 0.3 is 0 Å². The van der Waals surface area contributed by atoms with Crippen LogP contribution in [0.5, 0.6) is 0 Å². The third-order valence-electron chi connectivity index (χ3n) is 6.00. The molecule has 3 aromatic heterocycles. The molecule has 6 nitrogen and oxygen atoms in total. The molecule has 0 bridgehead atoms. The lowest BCUT2D eigenvalue weighted by Gasteiger charge is -2.33. The zero-order chi connectivity index (χ0) is 25.1. The second-order valence-corrected chi connectivity index (χ2v) is 9.22. The van der Waals surface area contributed by atoms with E-state index < -0.39 is 0 Å². The Balaban J connectivity index is 0.000000970. The van der Waals surface area contributed by atoms with Crippen LogP contribution in [0, 0.1) is 11.8 Å². The van der Waals surface area contributed by atoms with Crippen molar-refractivity contribution >= 4 is 16.9 Å². The first kappa shape index (κ1) is 27.8. The number of aromatic nitrogens is 4. The smallest absolute Gasteiger partial charge is 0.223 e. The van der Waals surface area contributed by atoms with Crippen LogP contribution in [0.25, 0.3) is 22.2 Å². The molecule has 0 spiro atoms. The van der Waals surface area contributed by atoms with E-state index in [4.69, 9.17) is 4.98 Å². The second-order valence-electron chi connectivity index (χ2n) is 9.22. The van der Waals surface area contributed by atoms with Crippen molar-refractivity contribution in [2.45, 2.75) is 74.3 Å². The summed E-state index contributed by atoms with van der Waals surface area (Å²) in [7, 11) is 0. The minimum absolute atomic E-state index is 0.367. The minimum Gasteiger partial charge on any atom is -0.354 e. The monoisotopic (exact) mass is 466 g/mol. The lowest BCUT2D eigenvalue weighted by Crippen LogP contribution is -2.37. The zero-order valence-electron chi connectivity index (χ0n) is 22.7. The van der Waals surface area contributed by atoms with E-state index in [-0.39, 0.29) is 0 Å². The lowest BCUT2D eigenvalue weighted by molar-refractivity contribution is 0.172. The molecule has 1 saturated heterocycles. The van der Waals surface area contributed by atoms with E-state index >= 15 is 0 Å². The standard InChI is InChI=1S/C24H34N6.2C2H6/c1-17(2)15-29-11-7-19(8-12-29)13-27-24-26-10-6-22(28-24)21-16-30(18(3)4)23-14-25-9-5-20(21)23;2*1-2/h5-6,9-10,14,16-19H,7-8,11-13,15H2,1-4H3,(H,26,27,28);2*1-2H3. The maximum Gasteiger partial charge on any atom is 0.223 e. The van der Waals surface area contributed by atoms with Crippen molar-refractivity contribution in [3.63, 3.8) is 0 Å². The van der Waals surface area contributed by atoms with Gasteiger partial charge < -0.3 is 14.8 Å². The molecule has 188 valence electrons. The number of nitrogens with one attached hydrogen (secondary N) is 1. The molecule has 3 aromatic rings. The van der Waals surface area contributed by atoms with Gasteiger partial charge in [-0.05, 0) is 63.7 Å². The maximum atomic E-state index is 4.84. The highest BCUT2D eigenvalue weighted by Crippen LogP contribution is 2.31. The van der Waals surface area contributed by atoms with Gasteiger partial charge in [-0.25, -0.2) is 9.97 Å². The molecule has 0 aliphatic carbocycles. The summed E-state index contributed by atoms with van der Waals surface area (Å²) in [5, 5.41) is 4.68. The van der Waals surface area contributed by atoms with Crippen LogP contribution in [0.2, 0.25) is 0 Å². The Morgan fingerprint density at radius 3 is 2.35 bits per heavy atom. The first-order valence-electron chi connectivity index (χ1n) is 13.3. The lowest BCUT2D eigenvalue weighted by atomic mass is 9.96. The number of anilines is 1. The molecule has 34 heavy (non-hydrogen) atoms. The van der Waals surface area contributed by atoms with Gasteiger partial charge in [0.15, 0.2) is 0 Å². The number of fused-ring (bicyclic) bond motifs is 1. The van der Waals surface area contributed by atoms with E-state index in [0.29, 0.717) is 12.0 Å². The third kappa shape index (κ3) is 7.26. The van der Waals surface area contributed by atoms with Crippen molar-refractivity contribution in [2.24, 2.45) is 11.8 Å². The molecule has 0 atom stereocenters. The second kappa shape index (κ2) is 14.1. The quantitative estimate of drug-likeness (QED) is 0.410. The summed E-state index contributed by atoms with van der Waals surface area (Å²) < 4.78 is 2.26. The van der Waals surface area contributed by atoms with Gasteiger partial charge in [0, 0.05) is 48.7 Å². The van der Waals surface area contributed by atoms with E-state index in [1.165, 1.54) is 37.9 Å². The molecule has 1 N–H and O–H groups in total. The molecular weight excluding hydrogens is 420 g/mol. The van der Waals surface area contributed by atoms with E-state index in [0.717, 1.165) is 35.2 Å². The van der Waals surface area contributed by atoms with E-state index in [9.17, 15) is 0 Å². The summed E-state index contributed by atoms with van der Waals surface area (Å²) in [6, 6.07) is 4.44. The Hall–Kier alpha value is -2.47. The van der Waals surface area contributed by atoms with Crippen LogP contribution in [0.15, 0.2) is 36.9 Å². The van der Waals surface area contributed by atoms with Crippen LogP contribution in [0.4, 0.5) is 5.95 Å². The van der Waals surface area contributed by atoms with Crippen molar-refractivity contribution in [3.8, 4) is 11.3 Å².